The van der Waals surface area contributed by atoms with Crippen LogP contribution >= 0.6 is 0 Å². The zero-order valence-electron chi connectivity index (χ0n) is 6.89. The quantitative estimate of drug-likeness (QED) is 0.594. The van der Waals surface area contributed by atoms with E-state index in [0.717, 1.165) is 12.8 Å². The Labute approximate surface area is 63.1 Å². The van der Waals surface area contributed by atoms with Crippen molar-refractivity contribution in [3.63, 3.8) is 0 Å². The molecule has 0 atom stereocenters. The van der Waals surface area contributed by atoms with E-state index in [1.165, 1.54) is 6.26 Å². The molecule has 2 N–H and O–H groups in total. The Morgan fingerprint density at radius 2 is 2.00 bits per heavy atom. The SMILES string of the molecule is C=COCC(N)(CC)CC. The maximum atomic E-state index is 5.91. The van der Waals surface area contributed by atoms with Crippen LogP contribution in [0, 0.1) is 0 Å². The molecule has 0 aliphatic carbocycles. The van der Waals surface area contributed by atoms with Gasteiger partial charge in [-0.2, -0.15) is 0 Å². The number of hydrogen-bond acceptors (Lipinski definition) is 2. The van der Waals surface area contributed by atoms with Gasteiger partial charge in [-0.1, -0.05) is 20.4 Å². The van der Waals surface area contributed by atoms with Crippen LogP contribution in [0.2, 0.25) is 0 Å². The lowest BCUT2D eigenvalue weighted by molar-refractivity contribution is 0.163. The highest BCUT2D eigenvalue weighted by molar-refractivity contribution is 4.80. The zero-order valence-corrected chi connectivity index (χ0v) is 6.89. The maximum Gasteiger partial charge on any atom is 0.105 e. The van der Waals surface area contributed by atoms with Gasteiger partial charge in [0.1, 0.15) is 6.61 Å². The maximum absolute atomic E-state index is 5.91. The van der Waals surface area contributed by atoms with E-state index in [9.17, 15) is 0 Å². The van der Waals surface area contributed by atoms with Crippen LogP contribution in [0.15, 0.2) is 12.8 Å². The molecule has 0 radical (unpaired) electrons. The van der Waals surface area contributed by atoms with Gasteiger partial charge in [-0.25, -0.2) is 0 Å². The van der Waals surface area contributed by atoms with Crippen LogP contribution in [-0.4, -0.2) is 12.1 Å². The number of rotatable bonds is 5. The highest BCUT2D eigenvalue weighted by atomic mass is 16.5. The molecule has 0 saturated heterocycles. The van der Waals surface area contributed by atoms with E-state index in [0.29, 0.717) is 6.61 Å². The lowest BCUT2D eigenvalue weighted by atomic mass is 9.96. The van der Waals surface area contributed by atoms with Gasteiger partial charge < -0.3 is 10.5 Å². The number of nitrogens with two attached hydrogens (primary N) is 1. The van der Waals surface area contributed by atoms with Gasteiger partial charge >= 0.3 is 0 Å². The van der Waals surface area contributed by atoms with Crippen molar-refractivity contribution in [1.29, 1.82) is 0 Å². The van der Waals surface area contributed by atoms with Gasteiger partial charge in [-0.15, -0.1) is 0 Å². The van der Waals surface area contributed by atoms with Crippen LogP contribution in [0.1, 0.15) is 26.7 Å². The normalized spacial score (nSPS) is 11.1. The van der Waals surface area contributed by atoms with Crippen molar-refractivity contribution in [2.24, 2.45) is 5.73 Å². The van der Waals surface area contributed by atoms with E-state index in [1.54, 1.807) is 0 Å². The average molecular weight is 143 g/mol. The molecule has 0 fully saturated rings. The Morgan fingerprint density at radius 3 is 2.30 bits per heavy atom. The Morgan fingerprint density at radius 1 is 1.50 bits per heavy atom. The van der Waals surface area contributed by atoms with Crippen molar-refractivity contribution in [3.05, 3.63) is 12.8 Å². The van der Waals surface area contributed by atoms with Gasteiger partial charge in [0.25, 0.3) is 0 Å². The molecule has 0 bridgehead atoms. The third-order valence-corrected chi connectivity index (χ3v) is 1.90. The summed E-state index contributed by atoms with van der Waals surface area (Å²) in [5.74, 6) is 0. The summed E-state index contributed by atoms with van der Waals surface area (Å²) in [4.78, 5) is 0. The van der Waals surface area contributed by atoms with Crippen LogP contribution in [0.3, 0.4) is 0 Å². The van der Waals surface area contributed by atoms with Crippen LogP contribution in [0.5, 0.6) is 0 Å². The molecule has 0 aromatic heterocycles. The molecule has 0 rings (SSSR count). The monoisotopic (exact) mass is 143 g/mol. The van der Waals surface area contributed by atoms with Crippen LogP contribution in [0.4, 0.5) is 0 Å². The van der Waals surface area contributed by atoms with Crippen LogP contribution < -0.4 is 5.73 Å². The number of ether oxygens (including phenoxy) is 1. The van der Waals surface area contributed by atoms with E-state index in [4.69, 9.17) is 10.5 Å². The minimum Gasteiger partial charge on any atom is -0.500 e. The highest BCUT2D eigenvalue weighted by Crippen LogP contribution is 2.10. The molecular formula is C8H17NO. The molecule has 60 valence electrons. The van der Waals surface area contributed by atoms with Crippen LogP contribution in [-0.2, 0) is 4.74 Å². The summed E-state index contributed by atoms with van der Waals surface area (Å²) in [5.41, 5.74) is 5.75. The Bertz CT molecular complexity index is 97.4. The minimum atomic E-state index is -0.159. The highest BCUT2D eigenvalue weighted by Gasteiger charge is 2.19. The lowest BCUT2D eigenvalue weighted by Crippen LogP contribution is -2.42. The van der Waals surface area contributed by atoms with Gasteiger partial charge in [0.2, 0.25) is 0 Å². The molecule has 0 heterocycles. The Hall–Kier alpha value is -0.500. The number of hydrogen-bond donors (Lipinski definition) is 1. The first-order chi connectivity index (χ1) is 4.68. The Kier molecular flexibility index (Phi) is 4.12. The lowest BCUT2D eigenvalue weighted by Gasteiger charge is -2.25. The molecule has 0 aromatic rings. The van der Waals surface area contributed by atoms with Gasteiger partial charge in [-0.3, -0.25) is 0 Å². The average Bonchev–Trinajstić information content (AvgIpc) is 2.00. The molecule has 0 spiro atoms. The predicted octanol–water partition coefficient (Wildman–Crippen LogP) is 1.66. The van der Waals surface area contributed by atoms with Gasteiger partial charge in [0.05, 0.1) is 6.26 Å². The summed E-state index contributed by atoms with van der Waals surface area (Å²) in [6.07, 6.45) is 3.32. The van der Waals surface area contributed by atoms with E-state index in [2.05, 4.69) is 20.4 Å². The second-order valence-corrected chi connectivity index (χ2v) is 2.55. The van der Waals surface area contributed by atoms with Gasteiger partial charge in [0, 0.05) is 5.54 Å². The summed E-state index contributed by atoms with van der Waals surface area (Å²) in [7, 11) is 0. The zero-order chi connectivity index (χ0) is 8.04. The summed E-state index contributed by atoms with van der Waals surface area (Å²) < 4.78 is 5.02. The van der Waals surface area contributed by atoms with Crippen molar-refractivity contribution in [1.82, 2.24) is 0 Å². The molecule has 0 saturated carbocycles. The fourth-order valence-corrected chi connectivity index (χ4v) is 0.679. The van der Waals surface area contributed by atoms with Crippen molar-refractivity contribution in [3.8, 4) is 0 Å². The first-order valence-corrected chi connectivity index (χ1v) is 3.70. The first kappa shape index (κ1) is 9.50. The standard InChI is InChI=1S/C8H17NO/c1-4-8(9,5-2)7-10-6-3/h6H,3-5,7,9H2,1-2H3. The summed E-state index contributed by atoms with van der Waals surface area (Å²) in [6, 6.07) is 0. The van der Waals surface area contributed by atoms with Crippen molar-refractivity contribution >= 4 is 0 Å². The molecule has 0 unspecified atom stereocenters. The third-order valence-electron chi connectivity index (χ3n) is 1.90. The summed E-state index contributed by atoms with van der Waals surface area (Å²) >= 11 is 0. The second kappa shape index (κ2) is 4.34. The first-order valence-electron chi connectivity index (χ1n) is 3.70. The van der Waals surface area contributed by atoms with E-state index in [-0.39, 0.29) is 5.54 Å². The predicted molar refractivity (Wildman–Crippen MR) is 43.6 cm³/mol. The smallest absolute Gasteiger partial charge is 0.105 e. The second-order valence-electron chi connectivity index (χ2n) is 2.55. The molecular weight excluding hydrogens is 126 g/mol. The van der Waals surface area contributed by atoms with Crippen LogP contribution in [0.25, 0.3) is 0 Å². The molecule has 2 heteroatoms. The summed E-state index contributed by atoms with van der Waals surface area (Å²) in [5, 5.41) is 0. The molecule has 10 heavy (non-hydrogen) atoms. The topological polar surface area (TPSA) is 35.2 Å². The minimum absolute atomic E-state index is 0.159. The Balaban J connectivity index is 3.68. The third kappa shape index (κ3) is 2.87. The molecule has 2 nitrogen and oxygen atoms in total. The molecule has 0 aliphatic rings. The molecule has 0 aliphatic heterocycles. The largest absolute Gasteiger partial charge is 0.500 e. The van der Waals surface area contributed by atoms with E-state index in [1.807, 2.05) is 0 Å². The van der Waals surface area contributed by atoms with E-state index >= 15 is 0 Å². The molecule has 0 aromatic carbocycles. The fraction of sp³-hybridized carbons (Fsp3) is 0.750. The fourth-order valence-electron chi connectivity index (χ4n) is 0.679. The van der Waals surface area contributed by atoms with Crippen molar-refractivity contribution in [2.75, 3.05) is 6.61 Å². The van der Waals surface area contributed by atoms with Gasteiger partial charge in [-0.05, 0) is 12.8 Å². The van der Waals surface area contributed by atoms with Crippen molar-refractivity contribution in [2.45, 2.75) is 32.2 Å². The van der Waals surface area contributed by atoms with Gasteiger partial charge in [0.15, 0.2) is 0 Å². The summed E-state index contributed by atoms with van der Waals surface area (Å²) in [6.45, 7) is 8.16. The van der Waals surface area contributed by atoms with Crippen molar-refractivity contribution < 1.29 is 4.74 Å². The van der Waals surface area contributed by atoms with E-state index < -0.39 is 0 Å². The molecule has 0 amide bonds.